The van der Waals surface area contributed by atoms with Crippen molar-refractivity contribution < 1.29 is 28.6 Å². The van der Waals surface area contributed by atoms with Crippen LogP contribution in [-0.4, -0.2) is 37.2 Å². The van der Waals surface area contributed by atoms with Gasteiger partial charge in [0.05, 0.1) is 0 Å². The SMILES string of the molecule is CCCCCCCCCCCCCCCCCCC(=O)OC[C@@H](COC(=O)CCCCCCCCCCCCCC(C)C)OC(=O)CCCCCCCCCCCCCCCC(C)C. The number of esters is 3. The first kappa shape index (κ1) is 62.4. The quantitative estimate of drug-likeness (QED) is 0.0344. The van der Waals surface area contributed by atoms with Crippen molar-refractivity contribution in [2.45, 2.75) is 330 Å². The zero-order valence-electron chi connectivity index (χ0n) is 43.9. The van der Waals surface area contributed by atoms with Crippen LogP contribution in [0.15, 0.2) is 0 Å². The molecule has 0 spiro atoms. The van der Waals surface area contributed by atoms with Crippen LogP contribution in [0.1, 0.15) is 324 Å². The largest absolute Gasteiger partial charge is 0.462 e. The van der Waals surface area contributed by atoms with Crippen molar-refractivity contribution in [3.05, 3.63) is 0 Å². The van der Waals surface area contributed by atoms with Crippen LogP contribution >= 0.6 is 0 Å². The predicted molar refractivity (Wildman–Crippen MR) is 275 cm³/mol. The first-order chi connectivity index (χ1) is 31.2. The Morgan fingerprint density at radius 2 is 0.516 bits per heavy atom. The molecule has 6 nitrogen and oxygen atoms in total. The van der Waals surface area contributed by atoms with Crippen molar-refractivity contribution in [1.29, 1.82) is 0 Å². The molecular weight excluding hydrogens is 793 g/mol. The zero-order valence-corrected chi connectivity index (χ0v) is 43.9. The fourth-order valence-electron chi connectivity index (χ4n) is 8.87. The molecule has 0 rings (SSSR count). The molecule has 0 aliphatic carbocycles. The van der Waals surface area contributed by atoms with E-state index < -0.39 is 6.10 Å². The Balaban J connectivity index is 4.30. The molecule has 380 valence electrons. The first-order valence-electron chi connectivity index (χ1n) is 28.7. The maximum Gasteiger partial charge on any atom is 0.306 e. The van der Waals surface area contributed by atoms with Crippen LogP contribution in [0.4, 0.5) is 0 Å². The number of rotatable bonds is 52. The van der Waals surface area contributed by atoms with Gasteiger partial charge >= 0.3 is 17.9 Å². The van der Waals surface area contributed by atoms with Crippen molar-refractivity contribution in [2.24, 2.45) is 11.8 Å². The molecule has 0 aliphatic rings. The van der Waals surface area contributed by atoms with Gasteiger partial charge in [-0.25, -0.2) is 0 Å². The second-order valence-electron chi connectivity index (χ2n) is 20.9. The van der Waals surface area contributed by atoms with E-state index in [1.807, 2.05) is 0 Å². The molecule has 64 heavy (non-hydrogen) atoms. The number of hydrogen-bond donors (Lipinski definition) is 0. The highest BCUT2D eigenvalue weighted by Crippen LogP contribution is 2.18. The lowest BCUT2D eigenvalue weighted by Gasteiger charge is -2.18. The van der Waals surface area contributed by atoms with Gasteiger partial charge < -0.3 is 14.2 Å². The van der Waals surface area contributed by atoms with E-state index in [1.165, 1.54) is 212 Å². The lowest BCUT2D eigenvalue weighted by atomic mass is 10.0. The summed E-state index contributed by atoms with van der Waals surface area (Å²) in [6, 6.07) is 0. The lowest BCUT2D eigenvalue weighted by molar-refractivity contribution is -0.167. The molecule has 0 saturated carbocycles. The zero-order chi connectivity index (χ0) is 46.8. The van der Waals surface area contributed by atoms with Crippen molar-refractivity contribution in [3.8, 4) is 0 Å². The van der Waals surface area contributed by atoms with Crippen LogP contribution < -0.4 is 0 Å². The molecule has 0 saturated heterocycles. The van der Waals surface area contributed by atoms with E-state index in [9.17, 15) is 14.4 Å². The Kier molecular flexibility index (Phi) is 49.6. The van der Waals surface area contributed by atoms with E-state index in [-0.39, 0.29) is 31.1 Å². The normalized spacial score (nSPS) is 12.0. The maximum atomic E-state index is 12.8. The van der Waals surface area contributed by atoms with Crippen LogP contribution in [0.5, 0.6) is 0 Å². The van der Waals surface area contributed by atoms with Crippen molar-refractivity contribution in [3.63, 3.8) is 0 Å². The monoisotopic (exact) mass is 905 g/mol. The molecule has 0 aliphatic heterocycles. The van der Waals surface area contributed by atoms with Gasteiger partial charge in [-0.3, -0.25) is 14.4 Å². The second-order valence-corrected chi connectivity index (χ2v) is 20.9. The smallest absolute Gasteiger partial charge is 0.306 e. The molecule has 0 radical (unpaired) electrons. The molecule has 6 heteroatoms. The summed E-state index contributed by atoms with van der Waals surface area (Å²) < 4.78 is 16.9. The lowest BCUT2D eigenvalue weighted by Crippen LogP contribution is -2.30. The van der Waals surface area contributed by atoms with E-state index in [1.54, 1.807) is 0 Å². The van der Waals surface area contributed by atoms with Gasteiger partial charge in [0.15, 0.2) is 6.10 Å². The molecule has 0 fully saturated rings. The van der Waals surface area contributed by atoms with E-state index in [4.69, 9.17) is 14.2 Å². The fourth-order valence-corrected chi connectivity index (χ4v) is 8.87. The Bertz CT molecular complexity index is 978. The Morgan fingerprint density at radius 3 is 0.766 bits per heavy atom. The van der Waals surface area contributed by atoms with Crippen LogP contribution in [-0.2, 0) is 28.6 Å². The molecule has 0 heterocycles. The van der Waals surface area contributed by atoms with Crippen molar-refractivity contribution >= 4 is 17.9 Å². The van der Waals surface area contributed by atoms with E-state index in [0.717, 1.165) is 69.6 Å². The summed E-state index contributed by atoms with van der Waals surface area (Å²) in [4.78, 5) is 38.1. The minimum absolute atomic E-state index is 0.0627. The van der Waals surface area contributed by atoms with Crippen molar-refractivity contribution in [2.75, 3.05) is 13.2 Å². The summed E-state index contributed by atoms with van der Waals surface area (Å²) in [5.41, 5.74) is 0. The number of carbonyl (C=O) groups is 3. The maximum absolute atomic E-state index is 12.8. The Morgan fingerprint density at radius 1 is 0.297 bits per heavy atom. The van der Waals surface area contributed by atoms with Gasteiger partial charge in [0.2, 0.25) is 0 Å². The predicted octanol–water partition coefficient (Wildman–Crippen LogP) is 18.9. The van der Waals surface area contributed by atoms with Gasteiger partial charge in [0.1, 0.15) is 13.2 Å². The minimum atomic E-state index is -0.763. The third-order valence-electron chi connectivity index (χ3n) is 13.2. The topological polar surface area (TPSA) is 78.9 Å². The van der Waals surface area contributed by atoms with Gasteiger partial charge in [0, 0.05) is 19.3 Å². The first-order valence-corrected chi connectivity index (χ1v) is 28.7. The summed E-state index contributed by atoms with van der Waals surface area (Å²) in [6.45, 7) is 11.4. The fraction of sp³-hybridized carbons (Fsp3) is 0.948. The minimum Gasteiger partial charge on any atom is -0.462 e. The number of ether oxygens (including phenoxy) is 3. The van der Waals surface area contributed by atoms with Gasteiger partial charge in [-0.1, -0.05) is 285 Å². The van der Waals surface area contributed by atoms with Gasteiger partial charge in [-0.2, -0.15) is 0 Å². The van der Waals surface area contributed by atoms with E-state index in [2.05, 4.69) is 34.6 Å². The summed E-state index contributed by atoms with van der Waals surface area (Å²) >= 11 is 0. The molecule has 0 unspecified atom stereocenters. The molecule has 0 amide bonds. The van der Waals surface area contributed by atoms with Crippen LogP contribution in [0, 0.1) is 11.8 Å². The standard InChI is InChI=1S/C58H112O6/c1-6-7-8-9-10-11-12-13-14-15-18-23-28-33-38-43-48-56(59)62-51-55(52-63-57(60)49-44-39-34-29-25-20-22-27-32-37-42-47-54(4)5)64-58(61)50-45-40-35-30-24-19-16-17-21-26-31-36-41-46-53(2)3/h53-55H,6-52H2,1-5H3/t55-/m0/s1. The third-order valence-corrected chi connectivity index (χ3v) is 13.2. The molecule has 0 N–H and O–H groups in total. The Hall–Kier alpha value is -1.59. The van der Waals surface area contributed by atoms with E-state index >= 15 is 0 Å². The van der Waals surface area contributed by atoms with Gasteiger partial charge in [0.25, 0.3) is 0 Å². The number of unbranched alkanes of at least 4 members (excludes halogenated alkanes) is 37. The highest BCUT2D eigenvalue weighted by atomic mass is 16.6. The summed E-state index contributed by atoms with van der Waals surface area (Å²) in [7, 11) is 0. The Labute approximate surface area is 399 Å². The van der Waals surface area contributed by atoms with Crippen LogP contribution in [0.2, 0.25) is 0 Å². The molecule has 0 aromatic rings. The molecule has 0 aromatic carbocycles. The van der Waals surface area contributed by atoms with Gasteiger partial charge in [-0.15, -0.1) is 0 Å². The molecule has 1 atom stereocenters. The highest BCUT2D eigenvalue weighted by molar-refractivity contribution is 5.71. The second kappa shape index (κ2) is 50.8. The summed E-state index contributed by atoms with van der Waals surface area (Å²) in [6.07, 6.45) is 53.8. The van der Waals surface area contributed by atoms with Crippen molar-refractivity contribution in [1.82, 2.24) is 0 Å². The molecule has 0 bridgehead atoms. The number of hydrogen-bond acceptors (Lipinski definition) is 6. The average molecular weight is 906 g/mol. The molecular formula is C58H112O6. The van der Waals surface area contributed by atoms with E-state index in [0.29, 0.717) is 19.3 Å². The highest BCUT2D eigenvalue weighted by Gasteiger charge is 2.19. The summed E-state index contributed by atoms with van der Waals surface area (Å²) in [5, 5.41) is 0. The van der Waals surface area contributed by atoms with Crippen LogP contribution in [0.3, 0.4) is 0 Å². The van der Waals surface area contributed by atoms with Gasteiger partial charge in [-0.05, 0) is 31.1 Å². The number of carbonyl (C=O) groups excluding carboxylic acids is 3. The molecule has 0 aromatic heterocycles. The third kappa shape index (κ3) is 51.4. The summed E-state index contributed by atoms with van der Waals surface area (Å²) in [5.74, 6) is 0.825. The average Bonchev–Trinajstić information content (AvgIpc) is 3.27. The van der Waals surface area contributed by atoms with Crippen LogP contribution in [0.25, 0.3) is 0 Å².